The highest BCUT2D eigenvalue weighted by atomic mass is 16.2. The van der Waals surface area contributed by atoms with E-state index >= 15 is 0 Å². The van der Waals surface area contributed by atoms with Crippen molar-refractivity contribution in [3.8, 4) is 11.1 Å². The van der Waals surface area contributed by atoms with Gasteiger partial charge in [-0.25, -0.2) is 0 Å². The van der Waals surface area contributed by atoms with Crippen LogP contribution in [0.15, 0.2) is 84.9 Å². The van der Waals surface area contributed by atoms with E-state index in [0.29, 0.717) is 13.0 Å². The molecule has 5 heteroatoms. The van der Waals surface area contributed by atoms with Gasteiger partial charge < -0.3 is 10.6 Å². The van der Waals surface area contributed by atoms with Crippen molar-refractivity contribution in [3.05, 3.63) is 84.9 Å². The summed E-state index contributed by atoms with van der Waals surface area (Å²) in [6.45, 7) is 5.22. The minimum Gasteiger partial charge on any atom is -0.325 e. The molecule has 0 bridgehead atoms. The van der Waals surface area contributed by atoms with Crippen molar-refractivity contribution in [1.29, 1.82) is 0 Å². The molecule has 1 atom stereocenters. The molecule has 3 aromatic rings. The van der Waals surface area contributed by atoms with E-state index in [1.165, 1.54) is 0 Å². The van der Waals surface area contributed by atoms with Gasteiger partial charge >= 0.3 is 0 Å². The highest BCUT2D eigenvalue weighted by Gasteiger charge is 2.21. The number of rotatable bonds is 10. The Morgan fingerprint density at radius 2 is 1.44 bits per heavy atom. The van der Waals surface area contributed by atoms with E-state index in [0.717, 1.165) is 35.5 Å². The van der Waals surface area contributed by atoms with Gasteiger partial charge in [0.05, 0.1) is 6.04 Å². The molecule has 0 aliphatic rings. The summed E-state index contributed by atoms with van der Waals surface area (Å²) in [4.78, 5) is 27.5. The average molecular weight is 430 g/mol. The van der Waals surface area contributed by atoms with Crippen molar-refractivity contribution in [1.82, 2.24) is 4.90 Å². The lowest BCUT2D eigenvalue weighted by Crippen LogP contribution is -2.43. The third-order valence-electron chi connectivity index (χ3n) is 5.39. The van der Waals surface area contributed by atoms with E-state index in [-0.39, 0.29) is 17.9 Å². The molecule has 0 aliphatic heterocycles. The summed E-state index contributed by atoms with van der Waals surface area (Å²) in [6.07, 6.45) is 1.22. The van der Waals surface area contributed by atoms with Crippen LogP contribution in [0.2, 0.25) is 0 Å². The third kappa shape index (κ3) is 6.53. The number of hydrogen-bond donors (Lipinski definition) is 2. The van der Waals surface area contributed by atoms with Gasteiger partial charge in [0.1, 0.15) is 0 Å². The molecular weight excluding hydrogens is 398 g/mol. The topological polar surface area (TPSA) is 61.4 Å². The molecule has 1 unspecified atom stereocenters. The maximum Gasteiger partial charge on any atom is 0.241 e. The van der Waals surface area contributed by atoms with Crippen molar-refractivity contribution < 1.29 is 9.59 Å². The number of hydrogen-bond acceptors (Lipinski definition) is 3. The Morgan fingerprint density at radius 3 is 2.12 bits per heavy atom. The summed E-state index contributed by atoms with van der Waals surface area (Å²) < 4.78 is 0. The second-order valence-corrected chi connectivity index (χ2v) is 7.78. The molecule has 0 saturated heterocycles. The van der Waals surface area contributed by atoms with Gasteiger partial charge in [0.2, 0.25) is 11.8 Å². The van der Waals surface area contributed by atoms with Crippen molar-refractivity contribution >= 4 is 23.2 Å². The normalized spacial score (nSPS) is 11.7. The predicted molar refractivity (Wildman–Crippen MR) is 132 cm³/mol. The Kier molecular flexibility index (Phi) is 8.58. The Balaban J connectivity index is 1.60. The molecule has 3 rings (SSSR count). The molecule has 0 radical (unpaired) electrons. The number of para-hydroxylation sites is 2. The van der Waals surface area contributed by atoms with Crippen LogP contribution in [-0.4, -0.2) is 35.8 Å². The van der Waals surface area contributed by atoms with Crippen LogP contribution in [0.3, 0.4) is 0 Å². The van der Waals surface area contributed by atoms with Crippen LogP contribution in [0.1, 0.15) is 26.7 Å². The second-order valence-electron chi connectivity index (χ2n) is 7.78. The molecule has 3 aromatic carbocycles. The fourth-order valence-corrected chi connectivity index (χ4v) is 3.64. The Labute approximate surface area is 190 Å². The summed E-state index contributed by atoms with van der Waals surface area (Å²) in [7, 11) is 0. The second kappa shape index (κ2) is 11.8. The van der Waals surface area contributed by atoms with Gasteiger partial charge in [0.25, 0.3) is 0 Å². The fraction of sp³-hybridized carbons (Fsp3) is 0.259. The zero-order valence-corrected chi connectivity index (χ0v) is 18.8. The van der Waals surface area contributed by atoms with E-state index in [2.05, 4.69) is 22.5 Å². The van der Waals surface area contributed by atoms with Gasteiger partial charge in [-0.15, -0.1) is 0 Å². The zero-order valence-electron chi connectivity index (χ0n) is 18.8. The molecule has 0 heterocycles. The van der Waals surface area contributed by atoms with Gasteiger partial charge in [0, 0.05) is 29.9 Å². The monoisotopic (exact) mass is 429 g/mol. The summed E-state index contributed by atoms with van der Waals surface area (Å²) in [6, 6.07) is 26.9. The van der Waals surface area contributed by atoms with Crippen molar-refractivity contribution in [2.24, 2.45) is 0 Å². The lowest BCUT2D eigenvalue weighted by atomic mass is 10.0. The van der Waals surface area contributed by atoms with Crippen LogP contribution in [0.5, 0.6) is 0 Å². The molecule has 166 valence electrons. The van der Waals surface area contributed by atoms with Gasteiger partial charge in [0.15, 0.2) is 0 Å². The SMILES string of the molecule is CCCN(CCC(=O)Nc1ccccc1-c1ccccc1)C(C)C(=O)Nc1ccccc1. The number of carbonyl (C=O) groups is 2. The maximum absolute atomic E-state index is 12.7. The minimum absolute atomic E-state index is 0.0647. The van der Waals surface area contributed by atoms with Crippen molar-refractivity contribution in [3.63, 3.8) is 0 Å². The van der Waals surface area contributed by atoms with E-state index < -0.39 is 0 Å². The molecule has 5 nitrogen and oxygen atoms in total. The molecule has 0 saturated carbocycles. The summed E-state index contributed by atoms with van der Waals surface area (Å²) in [5.41, 5.74) is 3.61. The predicted octanol–water partition coefficient (Wildman–Crippen LogP) is 5.42. The maximum atomic E-state index is 12.7. The number of anilines is 2. The molecule has 32 heavy (non-hydrogen) atoms. The molecular formula is C27H31N3O2. The van der Waals surface area contributed by atoms with Gasteiger partial charge in [-0.2, -0.15) is 0 Å². The lowest BCUT2D eigenvalue weighted by Gasteiger charge is -2.27. The van der Waals surface area contributed by atoms with Crippen LogP contribution in [0.4, 0.5) is 11.4 Å². The van der Waals surface area contributed by atoms with E-state index in [1.54, 1.807) is 0 Å². The van der Waals surface area contributed by atoms with E-state index in [9.17, 15) is 9.59 Å². The number of benzene rings is 3. The standard InChI is InChI=1S/C27H31N3O2/c1-3-19-30(21(2)27(32)28-23-14-8-5-9-15-23)20-18-26(31)29-25-17-11-10-16-24(25)22-12-6-4-7-13-22/h4-17,21H,3,18-20H2,1-2H3,(H,28,32)(H,29,31). The number of amides is 2. The van der Waals surface area contributed by atoms with Crippen LogP contribution < -0.4 is 10.6 Å². The highest BCUT2D eigenvalue weighted by Crippen LogP contribution is 2.27. The molecule has 0 spiro atoms. The largest absolute Gasteiger partial charge is 0.325 e. The first-order chi connectivity index (χ1) is 15.6. The average Bonchev–Trinajstić information content (AvgIpc) is 2.83. The lowest BCUT2D eigenvalue weighted by molar-refractivity contribution is -0.122. The van der Waals surface area contributed by atoms with Crippen molar-refractivity contribution in [2.75, 3.05) is 23.7 Å². The number of carbonyl (C=O) groups excluding carboxylic acids is 2. The smallest absolute Gasteiger partial charge is 0.241 e. The summed E-state index contributed by atoms with van der Waals surface area (Å²) in [5, 5.41) is 6.00. The zero-order chi connectivity index (χ0) is 22.8. The Hall–Kier alpha value is -3.44. The number of nitrogens with zero attached hydrogens (tertiary/aromatic N) is 1. The van der Waals surface area contributed by atoms with Crippen LogP contribution in [0.25, 0.3) is 11.1 Å². The third-order valence-corrected chi connectivity index (χ3v) is 5.39. The van der Waals surface area contributed by atoms with Crippen molar-refractivity contribution in [2.45, 2.75) is 32.7 Å². The Bertz CT molecular complexity index is 1010. The van der Waals surface area contributed by atoms with Gasteiger partial charge in [-0.1, -0.05) is 73.7 Å². The molecule has 0 aromatic heterocycles. The van der Waals surface area contributed by atoms with Crippen LogP contribution in [0, 0.1) is 0 Å². The van der Waals surface area contributed by atoms with E-state index in [1.807, 2.05) is 91.9 Å². The minimum atomic E-state index is -0.334. The van der Waals surface area contributed by atoms with Gasteiger partial charge in [-0.3, -0.25) is 14.5 Å². The highest BCUT2D eigenvalue weighted by molar-refractivity contribution is 5.96. The molecule has 2 N–H and O–H groups in total. The summed E-state index contributed by atoms with van der Waals surface area (Å²) >= 11 is 0. The van der Waals surface area contributed by atoms with Gasteiger partial charge in [-0.05, 0) is 43.7 Å². The molecule has 0 fully saturated rings. The number of nitrogens with one attached hydrogen (secondary N) is 2. The Morgan fingerprint density at radius 1 is 0.812 bits per heavy atom. The first-order valence-electron chi connectivity index (χ1n) is 11.1. The fourth-order valence-electron chi connectivity index (χ4n) is 3.64. The quantitative estimate of drug-likeness (QED) is 0.452. The molecule has 2 amide bonds. The molecule has 0 aliphatic carbocycles. The van der Waals surface area contributed by atoms with E-state index in [4.69, 9.17) is 0 Å². The first kappa shape index (κ1) is 23.2. The van der Waals surface area contributed by atoms with Crippen LogP contribution >= 0.6 is 0 Å². The van der Waals surface area contributed by atoms with Crippen LogP contribution in [-0.2, 0) is 9.59 Å². The summed E-state index contributed by atoms with van der Waals surface area (Å²) in [5.74, 6) is -0.135. The first-order valence-corrected chi connectivity index (χ1v) is 11.1.